The lowest BCUT2D eigenvalue weighted by Crippen LogP contribution is -2.49. The van der Waals surface area contributed by atoms with Crippen LogP contribution in [0.25, 0.3) is 0 Å². The molecule has 0 amide bonds. The average molecular weight is 558 g/mol. The molecule has 0 aromatic heterocycles. The number of hydrogen-bond acceptors (Lipinski definition) is 5. The highest BCUT2D eigenvalue weighted by molar-refractivity contribution is 6.13. The monoisotopic (exact) mass is 557 g/mol. The van der Waals surface area contributed by atoms with Crippen LogP contribution < -0.4 is 5.32 Å². The molecule has 1 saturated carbocycles. The summed E-state index contributed by atoms with van der Waals surface area (Å²) in [5, 5.41) is 3.54. The topological polar surface area (TPSA) is 43.2 Å². The van der Waals surface area contributed by atoms with Crippen molar-refractivity contribution in [3.8, 4) is 0 Å². The molecule has 1 N–H and O–H groups in total. The van der Waals surface area contributed by atoms with Gasteiger partial charge in [-0.15, -0.1) is 0 Å². The molecule has 0 radical (unpaired) electrons. The minimum Gasteiger partial charge on any atom is -0.368 e. The van der Waals surface area contributed by atoms with E-state index in [2.05, 4.69) is 106 Å². The first-order chi connectivity index (χ1) is 19.6. The predicted octanol–water partition coefficient (Wildman–Crippen LogP) is 8.49. The molecular weight excluding hydrogens is 502 g/mol. The van der Waals surface area contributed by atoms with Crippen LogP contribution in [0.2, 0.25) is 0 Å². The molecule has 1 aliphatic carbocycles. The number of nitrogens with one attached hydrogen (secondary N) is 1. The zero-order valence-electron chi connectivity index (χ0n) is 27.4. The van der Waals surface area contributed by atoms with Crippen LogP contribution in [0.5, 0.6) is 0 Å². The van der Waals surface area contributed by atoms with E-state index in [1.807, 2.05) is 14.0 Å². The number of nitrogens with zero attached hydrogens (tertiary/aromatic N) is 4. The van der Waals surface area contributed by atoms with Gasteiger partial charge in [-0.1, -0.05) is 51.0 Å². The number of hydrogen-bond donors (Lipinski definition) is 1. The summed E-state index contributed by atoms with van der Waals surface area (Å²) in [5.41, 5.74) is 10.9. The lowest BCUT2D eigenvalue weighted by Gasteiger charge is -2.40. The number of unbranched alkanes of at least 4 members (excludes halogenated alkanes) is 1. The highest BCUT2D eigenvalue weighted by Gasteiger charge is 2.30. The Kier molecular flexibility index (Phi) is 12.2. The molecule has 3 aliphatic heterocycles. The molecule has 2 fully saturated rings. The molecule has 0 bridgehead atoms. The van der Waals surface area contributed by atoms with Crippen LogP contribution in [0.3, 0.4) is 0 Å². The average Bonchev–Trinajstić information content (AvgIpc) is 2.93. The molecule has 41 heavy (non-hydrogen) atoms. The Morgan fingerprint density at radius 3 is 2.51 bits per heavy atom. The highest BCUT2D eigenvalue weighted by atomic mass is 15.3. The standard InChI is InChI=1S/C26H35N5.C10H20/c1-17(2)18(3)13-23(27-6)24-14-25(21-8-7-9-21)31-16-22(12-19(4)26(31)29-24)30-11-10-28-20(5)15-30;1-5-7-8-10(4)9(3)6-2/h12-14,16,20,28H,1,7-11,15H2,2-6H3;8-9H,5-7H2,1-4H3/b18-13+,27-23?;10-8-/t20-;/m1./s1. The van der Waals surface area contributed by atoms with Crippen molar-refractivity contribution >= 4 is 11.5 Å². The van der Waals surface area contributed by atoms with Crippen molar-refractivity contribution in [3.63, 3.8) is 0 Å². The Morgan fingerprint density at radius 2 is 1.95 bits per heavy atom. The summed E-state index contributed by atoms with van der Waals surface area (Å²) in [6.07, 6.45) is 18.7. The van der Waals surface area contributed by atoms with Crippen LogP contribution in [-0.4, -0.2) is 54.1 Å². The number of amidine groups is 1. The summed E-state index contributed by atoms with van der Waals surface area (Å²) in [5.74, 6) is 1.80. The van der Waals surface area contributed by atoms with Crippen LogP contribution >= 0.6 is 0 Å². The van der Waals surface area contributed by atoms with E-state index in [9.17, 15) is 0 Å². The largest absolute Gasteiger partial charge is 0.368 e. The molecule has 2 atom stereocenters. The minimum absolute atomic E-state index is 0.502. The number of piperazine rings is 1. The number of aliphatic imine (C=N–C) groups is 2. The van der Waals surface area contributed by atoms with E-state index in [-0.39, 0.29) is 0 Å². The molecule has 3 heterocycles. The number of rotatable bonds is 8. The van der Waals surface area contributed by atoms with Gasteiger partial charge in [-0.25, -0.2) is 4.99 Å². The quantitative estimate of drug-likeness (QED) is 0.185. The summed E-state index contributed by atoms with van der Waals surface area (Å²) in [6, 6.07) is 0.502. The zero-order valence-corrected chi connectivity index (χ0v) is 27.4. The molecule has 4 aliphatic rings. The van der Waals surface area contributed by atoms with Gasteiger partial charge in [-0.2, -0.15) is 0 Å². The van der Waals surface area contributed by atoms with E-state index in [1.54, 1.807) is 5.57 Å². The molecule has 1 saturated heterocycles. The molecular formula is C36H55N5. The Morgan fingerprint density at radius 1 is 1.22 bits per heavy atom. The Balaban J connectivity index is 0.000000397. The third-order valence-corrected chi connectivity index (χ3v) is 8.69. The van der Waals surface area contributed by atoms with Gasteiger partial charge in [0.25, 0.3) is 0 Å². The van der Waals surface area contributed by atoms with Gasteiger partial charge < -0.3 is 10.2 Å². The molecule has 0 aromatic carbocycles. The van der Waals surface area contributed by atoms with Crippen molar-refractivity contribution in [3.05, 3.63) is 82.0 Å². The summed E-state index contributed by atoms with van der Waals surface area (Å²) in [7, 11) is 1.84. The van der Waals surface area contributed by atoms with E-state index < -0.39 is 0 Å². The van der Waals surface area contributed by atoms with Crippen LogP contribution in [0.1, 0.15) is 93.9 Å². The number of fused-ring (bicyclic) bond motifs is 1. The van der Waals surface area contributed by atoms with Crippen molar-refractivity contribution in [2.24, 2.45) is 15.9 Å². The van der Waals surface area contributed by atoms with Gasteiger partial charge in [0.05, 0.1) is 17.1 Å². The fraction of sp³-hybridized carbons (Fsp3) is 0.556. The minimum atomic E-state index is 0.502. The fourth-order valence-electron chi connectivity index (χ4n) is 5.21. The Bertz CT molecular complexity index is 1210. The van der Waals surface area contributed by atoms with Crippen molar-refractivity contribution in [2.45, 2.75) is 100.0 Å². The van der Waals surface area contributed by atoms with E-state index in [1.165, 1.54) is 61.1 Å². The molecule has 224 valence electrons. The summed E-state index contributed by atoms with van der Waals surface area (Å²) in [4.78, 5) is 14.4. The van der Waals surface area contributed by atoms with E-state index in [4.69, 9.17) is 4.99 Å². The van der Waals surface area contributed by atoms with E-state index in [0.29, 0.717) is 6.04 Å². The Hall–Kier alpha value is -2.92. The molecule has 0 aromatic rings. The third kappa shape index (κ3) is 8.54. The maximum Gasteiger partial charge on any atom is 0.140 e. The molecule has 5 heteroatoms. The molecule has 5 nitrogen and oxygen atoms in total. The van der Waals surface area contributed by atoms with Gasteiger partial charge in [-0.3, -0.25) is 9.89 Å². The summed E-state index contributed by atoms with van der Waals surface area (Å²) >= 11 is 0. The first kappa shape index (κ1) is 32.6. The first-order valence-corrected chi connectivity index (χ1v) is 15.8. The van der Waals surface area contributed by atoms with Crippen LogP contribution in [-0.2, 0) is 0 Å². The lowest BCUT2D eigenvalue weighted by atomic mass is 9.88. The van der Waals surface area contributed by atoms with Gasteiger partial charge in [0, 0.05) is 44.6 Å². The van der Waals surface area contributed by atoms with Crippen LogP contribution in [0.15, 0.2) is 92.0 Å². The number of allylic oxidation sites excluding steroid dienone is 8. The van der Waals surface area contributed by atoms with Gasteiger partial charge in [0.15, 0.2) is 0 Å². The zero-order chi connectivity index (χ0) is 30.1. The SMILES string of the molecule is C=C(C)/C(C)=C/C(=NC)C1=CC(=C2CCC2)N2C=C(N3CCN[C@H](C)C3)C=C(C)C2=N1.CCC/C=C(/C)C(C)CC. The summed E-state index contributed by atoms with van der Waals surface area (Å²) < 4.78 is 0. The predicted molar refractivity (Wildman–Crippen MR) is 179 cm³/mol. The van der Waals surface area contributed by atoms with E-state index in [0.717, 1.165) is 53.9 Å². The maximum absolute atomic E-state index is 5.07. The Labute approximate surface area is 251 Å². The van der Waals surface area contributed by atoms with Crippen molar-refractivity contribution in [2.75, 3.05) is 26.7 Å². The van der Waals surface area contributed by atoms with E-state index >= 15 is 0 Å². The molecule has 4 rings (SSSR count). The third-order valence-electron chi connectivity index (χ3n) is 8.69. The van der Waals surface area contributed by atoms with Gasteiger partial charge in [0.2, 0.25) is 0 Å². The second-order valence-electron chi connectivity index (χ2n) is 12.1. The van der Waals surface area contributed by atoms with Crippen molar-refractivity contribution in [1.82, 2.24) is 15.1 Å². The molecule has 1 unspecified atom stereocenters. The van der Waals surface area contributed by atoms with Gasteiger partial charge in [-0.05, 0) is 108 Å². The maximum atomic E-state index is 5.07. The van der Waals surface area contributed by atoms with Gasteiger partial charge in [0.1, 0.15) is 5.84 Å². The fourth-order valence-corrected chi connectivity index (χ4v) is 5.21. The smallest absolute Gasteiger partial charge is 0.140 e. The normalized spacial score (nSPS) is 22.5. The lowest BCUT2D eigenvalue weighted by molar-refractivity contribution is 0.259. The first-order valence-electron chi connectivity index (χ1n) is 15.8. The highest BCUT2D eigenvalue weighted by Crippen LogP contribution is 2.37. The molecule has 0 spiro atoms. The van der Waals surface area contributed by atoms with Crippen LogP contribution in [0.4, 0.5) is 0 Å². The van der Waals surface area contributed by atoms with Crippen molar-refractivity contribution in [1.29, 1.82) is 0 Å². The summed E-state index contributed by atoms with van der Waals surface area (Å²) in [6.45, 7) is 24.7. The van der Waals surface area contributed by atoms with Gasteiger partial charge >= 0.3 is 0 Å². The van der Waals surface area contributed by atoms with Crippen molar-refractivity contribution < 1.29 is 0 Å². The van der Waals surface area contributed by atoms with Crippen LogP contribution in [0, 0.1) is 5.92 Å². The second kappa shape index (κ2) is 15.3. The second-order valence-corrected chi connectivity index (χ2v) is 12.1.